The fraction of sp³-hybridized carbons (Fsp3) is 0.310. The molecule has 0 saturated heterocycles. The molecule has 0 amide bonds. The van der Waals surface area contributed by atoms with Crippen molar-refractivity contribution in [3.63, 3.8) is 0 Å². The normalized spacial score (nSPS) is 11.6. The summed E-state index contributed by atoms with van der Waals surface area (Å²) in [5.41, 5.74) is 1.71. The van der Waals surface area contributed by atoms with E-state index in [9.17, 15) is 17.6 Å². The van der Waals surface area contributed by atoms with Crippen LogP contribution in [0.3, 0.4) is 0 Å². The molecule has 0 aliphatic heterocycles. The molecule has 4 rings (SSSR count). The van der Waals surface area contributed by atoms with Gasteiger partial charge < -0.3 is 9.47 Å². The van der Waals surface area contributed by atoms with Gasteiger partial charge in [0.05, 0.1) is 19.0 Å². The van der Waals surface area contributed by atoms with Crippen molar-refractivity contribution in [2.75, 3.05) is 13.2 Å². The summed E-state index contributed by atoms with van der Waals surface area (Å²) in [5.74, 6) is -0.642. The molecule has 0 N–H and O–H groups in total. The van der Waals surface area contributed by atoms with Gasteiger partial charge in [-0.05, 0) is 54.0 Å². The van der Waals surface area contributed by atoms with Crippen LogP contribution in [-0.4, -0.2) is 29.4 Å². The third kappa shape index (κ3) is 7.18. The Bertz CT molecular complexity index is 1370. The van der Waals surface area contributed by atoms with Crippen molar-refractivity contribution in [1.82, 2.24) is 9.97 Å². The van der Waals surface area contributed by atoms with Gasteiger partial charge in [0, 0.05) is 10.9 Å². The van der Waals surface area contributed by atoms with Crippen LogP contribution in [0.4, 0.5) is 22.0 Å². The molecule has 0 aliphatic rings. The van der Waals surface area contributed by atoms with Crippen LogP contribution in [0.5, 0.6) is 11.5 Å². The van der Waals surface area contributed by atoms with Crippen LogP contribution in [0.25, 0.3) is 22.2 Å². The molecule has 0 radical (unpaired) electrons. The van der Waals surface area contributed by atoms with Crippen LogP contribution < -0.4 is 9.47 Å². The van der Waals surface area contributed by atoms with Crippen molar-refractivity contribution in [3.8, 4) is 22.9 Å². The topological polar surface area (TPSA) is 44.2 Å². The second kappa shape index (κ2) is 12.2. The molecule has 1 aromatic heterocycles. The van der Waals surface area contributed by atoms with Crippen molar-refractivity contribution in [3.05, 3.63) is 83.7 Å². The number of ether oxygens (including phenoxy) is 2. The smallest absolute Gasteiger partial charge is 0.422 e. The quantitative estimate of drug-likeness (QED) is 0.146. The summed E-state index contributed by atoms with van der Waals surface area (Å²) in [7, 11) is 0. The molecular weight excluding hydrogens is 503 g/mol. The monoisotopic (exact) mass is 530 g/mol. The Labute approximate surface area is 217 Å². The first-order chi connectivity index (χ1) is 18.2. The molecule has 1 heterocycles. The highest BCUT2D eigenvalue weighted by Crippen LogP contribution is 2.28. The average Bonchev–Trinajstić information content (AvgIpc) is 2.90. The van der Waals surface area contributed by atoms with E-state index in [0.717, 1.165) is 37.0 Å². The first kappa shape index (κ1) is 27.3. The number of aromatic nitrogens is 2. The van der Waals surface area contributed by atoms with Crippen molar-refractivity contribution in [2.24, 2.45) is 0 Å². The van der Waals surface area contributed by atoms with Gasteiger partial charge in [-0.25, -0.2) is 18.7 Å². The number of alkyl halides is 3. The third-order valence-corrected chi connectivity index (χ3v) is 6.01. The number of halogens is 5. The molecule has 3 aromatic carbocycles. The molecule has 4 nitrogen and oxygen atoms in total. The third-order valence-electron chi connectivity index (χ3n) is 6.01. The summed E-state index contributed by atoms with van der Waals surface area (Å²) in [4.78, 5) is 8.74. The van der Waals surface area contributed by atoms with Gasteiger partial charge in [0.2, 0.25) is 0 Å². The van der Waals surface area contributed by atoms with Gasteiger partial charge in [0.25, 0.3) is 0 Å². The van der Waals surface area contributed by atoms with Crippen LogP contribution in [-0.2, 0) is 12.8 Å². The Balaban J connectivity index is 1.41. The van der Waals surface area contributed by atoms with Crippen LogP contribution in [0, 0.1) is 11.6 Å². The summed E-state index contributed by atoms with van der Waals surface area (Å²) in [6.07, 6.45) is 2.47. The van der Waals surface area contributed by atoms with Crippen LogP contribution in [0.15, 0.2) is 60.9 Å². The largest absolute Gasteiger partial charge is 0.490 e. The molecule has 0 spiro atoms. The molecule has 0 saturated carbocycles. The van der Waals surface area contributed by atoms with E-state index in [1.807, 2.05) is 6.07 Å². The fourth-order valence-electron chi connectivity index (χ4n) is 4.01. The number of nitrogens with zero attached hydrogens (tertiary/aromatic N) is 2. The van der Waals surface area contributed by atoms with Gasteiger partial charge in [0.1, 0.15) is 5.82 Å². The molecule has 38 heavy (non-hydrogen) atoms. The molecule has 0 atom stereocenters. The highest BCUT2D eigenvalue weighted by molar-refractivity contribution is 5.87. The standard InChI is InChI=1S/C29H27F5N2O2/c1-2-3-4-13-37-23-16-35-28(36-17-23)22-10-11-24-21(15-22)9-8-20(27(24)31)7-5-19-6-12-26(25(30)14-19)38-18-29(32,33)34/h6,8-12,14-17H,2-5,7,13,18H2,1H3. The van der Waals surface area contributed by atoms with E-state index in [4.69, 9.17) is 4.74 Å². The maximum atomic E-state index is 15.2. The second-order valence-electron chi connectivity index (χ2n) is 8.94. The van der Waals surface area contributed by atoms with Gasteiger partial charge in [-0.15, -0.1) is 0 Å². The van der Waals surface area contributed by atoms with Gasteiger partial charge in [0.15, 0.2) is 29.7 Å². The van der Waals surface area contributed by atoms with E-state index >= 15 is 4.39 Å². The first-order valence-electron chi connectivity index (χ1n) is 12.4. The lowest BCUT2D eigenvalue weighted by Crippen LogP contribution is -2.19. The minimum Gasteiger partial charge on any atom is -0.490 e. The van der Waals surface area contributed by atoms with E-state index in [-0.39, 0.29) is 12.2 Å². The van der Waals surface area contributed by atoms with Crippen molar-refractivity contribution in [2.45, 2.75) is 45.2 Å². The molecule has 0 unspecified atom stereocenters. The van der Waals surface area contributed by atoms with Gasteiger partial charge in [-0.3, -0.25) is 0 Å². The molecule has 200 valence electrons. The van der Waals surface area contributed by atoms with E-state index in [1.165, 1.54) is 6.07 Å². The number of hydrogen-bond acceptors (Lipinski definition) is 4. The van der Waals surface area contributed by atoms with Crippen molar-refractivity contribution >= 4 is 10.8 Å². The lowest BCUT2D eigenvalue weighted by atomic mass is 9.99. The molecule has 4 aromatic rings. The molecule has 0 fully saturated rings. The Kier molecular flexibility index (Phi) is 8.76. The summed E-state index contributed by atoms with van der Waals surface area (Å²) >= 11 is 0. The summed E-state index contributed by atoms with van der Waals surface area (Å²) in [6.45, 7) is 1.17. The number of fused-ring (bicyclic) bond motifs is 1. The minimum atomic E-state index is -4.56. The van der Waals surface area contributed by atoms with Gasteiger partial charge in [-0.1, -0.05) is 50.1 Å². The predicted octanol–water partition coefficient (Wildman–Crippen LogP) is 7.87. The van der Waals surface area contributed by atoms with E-state index in [0.29, 0.717) is 46.5 Å². The zero-order chi connectivity index (χ0) is 27.1. The van der Waals surface area contributed by atoms with E-state index < -0.39 is 24.3 Å². The number of benzene rings is 3. The zero-order valence-electron chi connectivity index (χ0n) is 20.8. The zero-order valence-corrected chi connectivity index (χ0v) is 20.8. The fourth-order valence-corrected chi connectivity index (χ4v) is 4.01. The second-order valence-corrected chi connectivity index (χ2v) is 8.94. The Hall–Kier alpha value is -3.75. The van der Waals surface area contributed by atoms with Crippen molar-refractivity contribution < 1.29 is 31.4 Å². The van der Waals surface area contributed by atoms with Gasteiger partial charge >= 0.3 is 6.18 Å². The first-order valence-corrected chi connectivity index (χ1v) is 12.4. The summed E-state index contributed by atoms with van der Waals surface area (Å²) in [5, 5.41) is 1.12. The average molecular weight is 531 g/mol. The summed E-state index contributed by atoms with van der Waals surface area (Å²) in [6, 6.07) is 12.5. The number of rotatable bonds is 11. The Morgan fingerprint density at radius 3 is 2.34 bits per heavy atom. The number of hydrogen-bond donors (Lipinski definition) is 0. The SMILES string of the molecule is CCCCCOc1cnc(-c2ccc3c(F)c(CCc4ccc(OCC(F)(F)F)c(F)c4)ccc3c2)nc1. The highest BCUT2D eigenvalue weighted by Gasteiger charge is 2.29. The van der Waals surface area contributed by atoms with Crippen molar-refractivity contribution in [1.29, 1.82) is 0 Å². The minimum absolute atomic E-state index is 0.286. The van der Waals surface area contributed by atoms with E-state index in [2.05, 4.69) is 21.6 Å². The van der Waals surface area contributed by atoms with Crippen LogP contribution >= 0.6 is 0 Å². The lowest BCUT2D eigenvalue weighted by Gasteiger charge is -2.11. The number of aryl methyl sites for hydroxylation is 2. The summed E-state index contributed by atoms with van der Waals surface area (Å²) < 4.78 is 76.4. The Morgan fingerprint density at radius 2 is 1.63 bits per heavy atom. The molecule has 0 bridgehead atoms. The Morgan fingerprint density at radius 1 is 0.842 bits per heavy atom. The number of unbranched alkanes of at least 4 members (excludes halogenated alkanes) is 2. The van der Waals surface area contributed by atoms with Crippen LogP contribution in [0.1, 0.15) is 37.3 Å². The van der Waals surface area contributed by atoms with E-state index in [1.54, 1.807) is 36.7 Å². The molecular formula is C29H27F5N2O2. The lowest BCUT2D eigenvalue weighted by molar-refractivity contribution is -0.153. The maximum absolute atomic E-state index is 15.2. The molecule has 9 heteroatoms. The van der Waals surface area contributed by atoms with Crippen LogP contribution in [0.2, 0.25) is 0 Å². The maximum Gasteiger partial charge on any atom is 0.422 e. The molecule has 0 aliphatic carbocycles. The predicted molar refractivity (Wildman–Crippen MR) is 135 cm³/mol. The highest BCUT2D eigenvalue weighted by atomic mass is 19.4. The van der Waals surface area contributed by atoms with Gasteiger partial charge in [-0.2, -0.15) is 13.2 Å².